The van der Waals surface area contributed by atoms with Gasteiger partial charge in [-0.05, 0) is 19.9 Å². The smallest absolute Gasteiger partial charge is 0.0569 e. The average Bonchev–Trinajstić information content (AvgIpc) is 2.29. The zero-order valence-corrected chi connectivity index (χ0v) is 9.74. The molecule has 1 unspecified atom stereocenters. The molecule has 0 amide bonds. The van der Waals surface area contributed by atoms with E-state index in [1.807, 2.05) is 13.0 Å². The Bertz CT molecular complexity index is 250. The quantitative estimate of drug-likeness (QED) is 0.706. The lowest BCUT2D eigenvalue weighted by molar-refractivity contribution is 0.223. The lowest BCUT2D eigenvalue weighted by Crippen LogP contribution is -2.49. The second kappa shape index (κ2) is 6.53. The first-order valence-corrected chi connectivity index (χ1v) is 5.55. The van der Waals surface area contributed by atoms with Gasteiger partial charge in [0.1, 0.15) is 0 Å². The van der Waals surface area contributed by atoms with E-state index in [0.29, 0.717) is 6.04 Å². The topological polar surface area (TPSA) is 27.6 Å². The van der Waals surface area contributed by atoms with Crippen LogP contribution < -0.4 is 5.32 Å². The third-order valence-corrected chi connectivity index (χ3v) is 2.71. The minimum atomic E-state index is 0.376. The normalized spacial score (nSPS) is 21.9. The number of hydrogen-bond donors (Lipinski definition) is 1. The molecule has 1 N–H and O–H groups in total. The molecular formula is C12H21N3. The Hall–Kier alpha value is -0.930. The molecule has 0 aromatic heterocycles. The first kappa shape index (κ1) is 12.1. The van der Waals surface area contributed by atoms with Gasteiger partial charge in [-0.3, -0.25) is 9.89 Å². The van der Waals surface area contributed by atoms with Crippen LogP contribution in [0.2, 0.25) is 0 Å². The van der Waals surface area contributed by atoms with E-state index in [2.05, 4.69) is 34.8 Å². The summed E-state index contributed by atoms with van der Waals surface area (Å²) in [5.74, 6) is 0. The molecule has 0 bridgehead atoms. The molecule has 1 saturated heterocycles. The summed E-state index contributed by atoms with van der Waals surface area (Å²) in [5, 5.41) is 3.35. The number of rotatable bonds is 4. The van der Waals surface area contributed by atoms with Crippen molar-refractivity contribution < 1.29 is 0 Å². The summed E-state index contributed by atoms with van der Waals surface area (Å²) >= 11 is 0. The summed E-state index contributed by atoms with van der Waals surface area (Å²) in [6, 6.07) is 0.376. The third kappa shape index (κ3) is 3.61. The molecular weight excluding hydrogens is 186 g/mol. The molecule has 3 nitrogen and oxygen atoms in total. The van der Waals surface area contributed by atoms with Crippen LogP contribution in [0.1, 0.15) is 13.8 Å². The fourth-order valence-electron chi connectivity index (χ4n) is 1.82. The van der Waals surface area contributed by atoms with Gasteiger partial charge < -0.3 is 5.32 Å². The molecule has 15 heavy (non-hydrogen) atoms. The van der Waals surface area contributed by atoms with Crippen LogP contribution in [0.3, 0.4) is 0 Å². The van der Waals surface area contributed by atoms with Crippen molar-refractivity contribution in [2.75, 3.05) is 26.2 Å². The Kier molecular flexibility index (Phi) is 5.29. The summed E-state index contributed by atoms with van der Waals surface area (Å²) in [7, 11) is 0. The molecule has 84 valence electrons. The van der Waals surface area contributed by atoms with Crippen molar-refractivity contribution in [1.29, 1.82) is 0 Å². The van der Waals surface area contributed by atoms with E-state index in [4.69, 9.17) is 0 Å². The zero-order chi connectivity index (χ0) is 11.1. The lowest BCUT2D eigenvalue weighted by Gasteiger charge is -2.32. The predicted octanol–water partition coefficient (Wildman–Crippen LogP) is 1.44. The zero-order valence-electron chi connectivity index (χ0n) is 9.74. The molecule has 0 saturated carbocycles. The van der Waals surface area contributed by atoms with E-state index in [-0.39, 0.29) is 0 Å². The van der Waals surface area contributed by atoms with Crippen molar-refractivity contribution in [1.82, 2.24) is 10.2 Å². The van der Waals surface area contributed by atoms with Gasteiger partial charge in [0.25, 0.3) is 0 Å². The van der Waals surface area contributed by atoms with Crippen molar-refractivity contribution >= 4 is 5.71 Å². The SMILES string of the molecule is C=CN=C(/C=C\C)C(C)N1CCNCC1. The maximum Gasteiger partial charge on any atom is 0.0569 e. The number of nitrogens with one attached hydrogen (secondary N) is 1. The van der Waals surface area contributed by atoms with E-state index >= 15 is 0 Å². The summed E-state index contributed by atoms with van der Waals surface area (Å²) < 4.78 is 0. The molecule has 1 atom stereocenters. The van der Waals surface area contributed by atoms with Crippen LogP contribution in [0.4, 0.5) is 0 Å². The van der Waals surface area contributed by atoms with Gasteiger partial charge in [0, 0.05) is 38.4 Å². The van der Waals surface area contributed by atoms with Crippen molar-refractivity contribution in [2.24, 2.45) is 4.99 Å². The largest absolute Gasteiger partial charge is 0.314 e. The number of hydrogen-bond acceptors (Lipinski definition) is 3. The van der Waals surface area contributed by atoms with Crippen molar-refractivity contribution in [3.8, 4) is 0 Å². The Morgan fingerprint density at radius 2 is 2.13 bits per heavy atom. The highest BCUT2D eigenvalue weighted by molar-refractivity contribution is 5.99. The molecule has 0 spiro atoms. The highest BCUT2D eigenvalue weighted by Gasteiger charge is 2.18. The van der Waals surface area contributed by atoms with Crippen molar-refractivity contribution in [3.63, 3.8) is 0 Å². The Balaban J connectivity index is 2.65. The van der Waals surface area contributed by atoms with Crippen LogP contribution in [-0.2, 0) is 0 Å². The fraction of sp³-hybridized carbons (Fsp3) is 0.583. The molecule has 0 aliphatic carbocycles. The van der Waals surface area contributed by atoms with Gasteiger partial charge in [-0.15, -0.1) is 0 Å². The highest BCUT2D eigenvalue weighted by Crippen LogP contribution is 2.05. The summed E-state index contributed by atoms with van der Waals surface area (Å²) in [6.07, 6.45) is 5.71. The first-order valence-electron chi connectivity index (χ1n) is 5.55. The molecule has 0 radical (unpaired) electrons. The Morgan fingerprint density at radius 3 is 2.67 bits per heavy atom. The second-order valence-electron chi connectivity index (χ2n) is 3.70. The van der Waals surface area contributed by atoms with Gasteiger partial charge >= 0.3 is 0 Å². The standard InChI is InChI=1S/C12H21N3/c1-4-6-12(14-5-2)11(3)15-9-7-13-8-10-15/h4-6,11,13H,2,7-10H2,1,3H3/b6-4-,14-12?. The van der Waals surface area contributed by atoms with E-state index in [1.54, 1.807) is 6.20 Å². The van der Waals surface area contributed by atoms with E-state index in [1.165, 1.54) is 0 Å². The highest BCUT2D eigenvalue weighted by atomic mass is 15.2. The number of allylic oxidation sites excluding steroid dienone is 1. The monoisotopic (exact) mass is 207 g/mol. The minimum Gasteiger partial charge on any atom is -0.314 e. The average molecular weight is 207 g/mol. The molecule has 1 aliphatic heterocycles. The van der Waals surface area contributed by atoms with Gasteiger partial charge in [-0.1, -0.05) is 12.7 Å². The van der Waals surface area contributed by atoms with Crippen LogP contribution in [0.25, 0.3) is 0 Å². The van der Waals surface area contributed by atoms with E-state index in [9.17, 15) is 0 Å². The minimum absolute atomic E-state index is 0.376. The van der Waals surface area contributed by atoms with Crippen LogP contribution in [-0.4, -0.2) is 42.8 Å². The maximum absolute atomic E-state index is 4.32. The van der Waals surface area contributed by atoms with Crippen LogP contribution in [0.5, 0.6) is 0 Å². The summed E-state index contributed by atoms with van der Waals surface area (Å²) in [5.41, 5.74) is 1.09. The summed E-state index contributed by atoms with van der Waals surface area (Å²) in [4.78, 5) is 6.76. The van der Waals surface area contributed by atoms with Crippen molar-refractivity contribution in [2.45, 2.75) is 19.9 Å². The number of aliphatic imine (C=N–C) groups is 1. The second-order valence-corrected chi connectivity index (χ2v) is 3.70. The summed E-state index contributed by atoms with van der Waals surface area (Å²) in [6.45, 7) is 12.2. The molecule has 0 aromatic rings. The van der Waals surface area contributed by atoms with E-state index < -0.39 is 0 Å². The van der Waals surface area contributed by atoms with Gasteiger partial charge in [0.2, 0.25) is 0 Å². The van der Waals surface area contributed by atoms with Crippen molar-refractivity contribution in [3.05, 3.63) is 24.9 Å². The Morgan fingerprint density at radius 1 is 1.47 bits per heavy atom. The maximum atomic E-state index is 4.32. The third-order valence-electron chi connectivity index (χ3n) is 2.71. The van der Waals surface area contributed by atoms with Gasteiger partial charge in [-0.2, -0.15) is 0 Å². The van der Waals surface area contributed by atoms with Crippen LogP contribution >= 0.6 is 0 Å². The Labute approximate surface area is 92.6 Å². The fourth-order valence-corrected chi connectivity index (χ4v) is 1.82. The predicted molar refractivity (Wildman–Crippen MR) is 66.4 cm³/mol. The molecule has 1 heterocycles. The molecule has 1 fully saturated rings. The van der Waals surface area contributed by atoms with Crippen LogP contribution in [0, 0.1) is 0 Å². The molecule has 1 aliphatic rings. The van der Waals surface area contributed by atoms with Gasteiger partial charge in [-0.25, -0.2) is 0 Å². The lowest BCUT2D eigenvalue weighted by atomic mass is 10.1. The number of nitrogens with zero attached hydrogens (tertiary/aromatic N) is 2. The molecule has 0 aromatic carbocycles. The van der Waals surface area contributed by atoms with E-state index in [0.717, 1.165) is 31.9 Å². The van der Waals surface area contributed by atoms with Crippen LogP contribution in [0.15, 0.2) is 29.9 Å². The van der Waals surface area contributed by atoms with Gasteiger partial charge in [0.15, 0.2) is 0 Å². The van der Waals surface area contributed by atoms with Gasteiger partial charge in [0.05, 0.1) is 5.71 Å². The number of piperazine rings is 1. The molecule has 1 rings (SSSR count). The molecule has 3 heteroatoms. The first-order chi connectivity index (χ1) is 7.29.